The summed E-state index contributed by atoms with van der Waals surface area (Å²) in [6.45, 7) is 4.87. The van der Waals surface area contributed by atoms with Gasteiger partial charge in [-0.3, -0.25) is 19.3 Å². The zero-order valence-corrected chi connectivity index (χ0v) is 18.7. The molecule has 6 rings (SSSR count). The first-order valence-electron chi connectivity index (χ1n) is 11.4. The van der Waals surface area contributed by atoms with Crippen LogP contribution in [0.5, 0.6) is 11.5 Å². The van der Waals surface area contributed by atoms with Crippen LogP contribution >= 0.6 is 11.8 Å². The van der Waals surface area contributed by atoms with Crippen LogP contribution < -0.4 is 9.47 Å². The van der Waals surface area contributed by atoms with Crippen molar-refractivity contribution < 1.29 is 23.9 Å². The summed E-state index contributed by atoms with van der Waals surface area (Å²) in [5, 5.41) is 0.137. The number of nitrogens with zero attached hydrogens (tertiary/aromatic N) is 1. The first-order valence-corrected chi connectivity index (χ1v) is 12.3. The van der Waals surface area contributed by atoms with Gasteiger partial charge in [0.2, 0.25) is 0 Å². The van der Waals surface area contributed by atoms with Crippen LogP contribution in [-0.2, 0) is 15.0 Å². The lowest BCUT2D eigenvalue weighted by Gasteiger charge is -2.58. The molecule has 1 aromatic rings. The fourth-order valence-electron chi connectivity index (χ4n) is 6.81. The number of thioether (sulfide) groups is 1. The molecule has 164 valence electrons. The molecule has 3 aliphatic carbocycles. The maximum atomic E-state index is 13.8. The molecule has 0 N–H and O–H groups in total. The Morgan fingerprint density at radius 3 is 2.74 bits per heavy atom. The van der Waals surface area contributed by atoms with E-state index in [1.807, 2.05) is 6.07 Å². The predicted molar refractivity (Wildman–Crippen MR) is 116 cm³/mol. The van der Waals surface area contributed by atoms with Crippen molar-refractivity contribution in [2.75, 3.05) is 13.1 Å². The lowest BCUT2D eigenvalue weighted by molar-refractivity contribution is -0.132. The van der Waals surface area contributed by atoms with Gasteiger partial charge in [0.05, 0.1) is 11.3 Å². The zero-order valence-electron chi connectivity index (χ0n) is 17.9. The SMILES string of the molecule is CC(=O)Oc1ccc2c3c1O[C@H]1[C@H](SC(C)=O)CCC4[C@@H](C2=O)N(CC2CC2)CC[C@@]341. The van der Waals surface area contributed by atoms with E-state index in [0.29, 0.717) is 11.5 Å². The number of benzene rings is 1. The summed E-state index contributed by atoms with van der Waals surface area (Å²) < 4.78 is 12.1. The van der Waals surface area contributed by atoms with Crippen molar-refractivity contribution in [1.82, 2.24) is 4.90 Å². The second kappa shape index (κ2) is 6.82. The molecule has 2 saturated carbocycles. The normalized spacial score (nSPS) is 35.4. The van der Waals surface area contributed by atoms with Crippen molar-refractivity contribution in [3.05, 3.63) is 23.3 Å². The Kier molecular flexibility index (Phi) is 4.35. The predicted octanol–water partition coefficient (Wildman–Crippen LogP) is 3.35. The first kappa shape index (κ1) is 19.8. The molecule has 0 amide bonds. The van der Waals surface area contributed by atoms with Gasteiger partial charge >= 0.3 is 5.97 Å². The zero-order chi connectivity index (χ0) is 21.5. The number of piperidine rings is 1. The molecule has 1 saturated heterocycles. The summed E-state index contributed by atoms with van der Waals surface area (Å²) >= 11 is 1.37. The number of ether oxygens (including phenoxy) is 2. The van der Waals surface area contributed by atoms with Gasteiger partial charge in [0.1, 0.15) is 6.10 Å². The Bertz CT molecular complexity index is 1000. The first-order chi connectivity index (χ1) is 14.9. The number of esters is 1. The minimum Gasteiger partial charge on any atom is -0.484 e. The van der Waals surface area contributed by atoms with Gasteiger partial charge in [0, 0.05) is 36.9 Å². The summed E-state index contributed by atoms with van der Waals surface area (Å²) in [4.78, 5) is 40.0. The van der Waals surface area contributed by atoms with Gasteiger partial charge < -0.3 is 9.47 Å². The Balaban J connectivity index is 1.51. The third kappa shape index (κ3) is 2.78. The average Bonchev–Trinajstić information content (AvgIpc) is 3.46. The van der Waals surface area contributed by atoms with Gasteiger partial charge in [0.25, 0.3) is 0 Å². The molecule has 0 radical (unpaired) electrons. The fraction of sp³-hybridized carbons (Fsp3) is 0.625. The van der Waals surface area contributed by atoms with Crippen LogP contribution in [-0.4, -0.2) is 52.3 Å². The average molecular weight is 442 g/mol. The molecule has 6 nitrogen and oxygen atoms in total. The number of likely N-dealkylation sites (tertiary alicyclic amines) is 1. The van der Waals surface area contributed by atoms with Crippen LogP contribution in [0.15, 0.2) is 12.1 Å². The van der Waals surface area contributed by atoms with E-state index in [0.717, 1.165) is 49.4 Å². The highest BCUT2D eigenvalue weighted by molar-refractivity contribution is 8.14. The molecule has 7 heteroatoms. The van der Waals surface area contributed by atoms with E-state index in [1.54, 1.807) is 13.0 Å². The van der Waals surface area contributed by atoms with Crippen molar-refractivity contribution in [1.29, 1.82) is 0 Å². The molecule has 1 spiro atoms. The van der Waals surface area contributed by atoms with Crippen LogP contribution in [0.1, 0.15) is 61.9 Å². The quantitative estimate of drug-likeness (QED) is 0.524. The number of hydrogen-bond donors (Lipinski definition) is 0. The van der Waals surface area contributed by atoms with Crippen molar-refractivity contribution in [2.45, 2.75) is 68.8 Å². The van der Waals surface area contributed by atoms with Crippen molar-refractivity contribution in [2.24, 2.45) is 11.8 Å². The van der Waals surface area contributed by atoms with Crippen molar-refractivity contribution in [3.8, 4) is 11.5 Å². The van der Waals surface area contributed by atoms with Crippen molar-refractivity contribution in [3.63, 3.8) is 0 Å². The highest BCUT2D eigenvalue weighted by Gasteiger charge is 2.68. The topological polar surface area (TPSA) is 72.9 Å². The summed E-state index contributed by atoms with van der Waals surface area (Å²) in [7, 11) is 0. The highest BCUT2D eigenvalue weighted by atomic mass is 32.2. The standard InChI is InChI=1S/C24H27NO5S/c1-12(26)29-17-7-5-15-19-22(17)30-23-18(31-13(2)27)8-6-16-20(21(15)28)25(11-14-3-4-14)10-9-24(16,19)23/h5,7,14,16,18,20,23H,3-4,6,8-11H2,1-2H3/t16?,18-,20+,23+,24+/m1/s1. The van der Waals surface area contributed by atoms with E-state index in [1.165, 1.54) is 31.5 Å². The van der Waals surface area contributed by atoms with E-state index in [4.69, 9.17) is 9.47 Å². The molecule has 3 fully saturated rings. The van der Waals surface area contributed by atoms with E-state index in [-0.39, 0.29) is 39.6 Å². The van der Waals surface area contributed by atoms with Crippen LogP contribution in [0.4, 0.5) is 0 Å². The highest BCUT2D eigenvalue weighted by Crippen LogP contribution is 2.65. The number of rotatable bonds is 4. The van der Waals surface area contributed by atoms with Gasteiger partial charge in [-0.15, -0.1) is 0 Å². The lowest BCUT2D eigenvalue weighted by atomic mass is 9.51. The largest absolute Gasteiger partial charge is 0.484 e. The molecule has 2 bridgehead atoms. The molecule has 1 unspecified atom stereocenters. The number of ketones is 1. The summed E-state index contributed by atoms with van der Waals surface area (Å²) in [6.07, 6.45) is 5.04. The number of carbonyl (C=O) groups is 3. The molecule has 31 heavy (non-hydrogen) atoms. The van der Waals surface area contributed by atoms with E-state index < -0.39 is 5.97 Å². The summed E-state index contributed by atoms with van der Waals surface area (Å²) in [5.41, 5.74) is 1.39. The number of carbonyl (C=O) groups excluding carboxylic acids is 3. The molecule has 5 aliphatic rings. The van der Waals surface area contributed by atoms with Crippen LogP contribution in [0.3, 0.4) is 0 Å². The summed E-state index contributed by atoms with van der Waals surface area (Å²) in [5.74, 6) is 1.65. The third-order valence-electron chi connectivity index (χ3n) is 7.98. The Morgan fingerprint density at radius 1 is 1.23 bits per heavy atom. The molecule has 1 aromatic carbocycles. The van der Waals surface area contributed by atoms with Gasteiger partial charge in [-0.25, -0.2) is 0 Å². The second-order valence-corrected chi connectivity index (χ2v) is 11.2. The smallest absolute Gasteiger partial charge is 0.308 e. The van der Waals surface area contributed by atoms with E-state index in [9.17, 15) is 14.4 Å². The third-order valence-corrected chi connectivity index (χ3v) is 9.10. The lowest BCUT2D eigenvalue weighted by Crippen LogP contribution is -2.68. The monoisotopic (exact) mass is 441 g/mol. The number of Topliss-reactive ketones (excluding diaryl/α,β-unsaturated/α-hetero) is 1. The minimum atomic E-state index is -0.405. The molecular weight excluding hydrogens is 414 g/mol. The minimum absolute atomic E-state index is 0.0445. The van der Waals surface area contributed by atoms with Gasteiger partial charge in [-0.05, 0) is 62.6 Å². The van der Waals surface area contributed by atoms with Crippen LogP contribution in [0.25, 0.3) is 0 Å². The maximum absolute atomic E-state index is 13.8. The fourth-order valence-corrected chi connectivity index (χ4v) is 7.91. The molecule has 2 aliphatic heterocycles. The van der Waals surface area contributed by atoms with Gasteiger partial charge in [0.15, 0.2) is 22.4 Å². The maximum Gasteiger partial charge on any atom is 0.308 e. The molecule has 5 atom stereocenters. The van der Waals surface area contributed by atoms with E-state index in [2.05, 4.69) is 4.90 Å². The number of hydrogen-bond acceptors (Lipinski definition) is 7. The summed E-state index contributed by atoms with van der Waals surface area (Å²) in [6, 6.07) is 3.43. The molecule has 0 aromatic heterocycles. The Morgan fingerprint density at radius 2 is 2.03 bits per heavy atom. The van der Waals surface area contributed by atoms with E-state index >= 15 is 0 Å². The van der Waals surface area contributed by atoms with Crippen LogP contribution in [0.2, 0.25) is 0 Å². The Hall–Kier alpha value is -1.86. The van der Waals surface area contributed by atoms with Gasteiger partial charge in [-0.2, -0.15) is 0 Å². The van der Waals surface area contributed by atoms with Crippen LogP contribution in [0, 0.1) is 11.8 Å². The van der Waals surface area contributed by atoms with Gasteiger partial charge in [-0.1, -0.05) is 11.8 Å². The van der Waals surface area contributed by atoms with Crippen molar-refractivity contribution >= 4 is 28.6 Å². The Labute approximate surface area is 186 Å². The molecule has 2 heterocycles. The molecular formula is C24H27NO5S. The second-order valence-electron chi connectivity index (χ2n) is 9.82.